The van der Waals surface area contributed by atoms with Crippen LogP contribution in [0.5, 0.6) is 0 Å². The number of nitrogens with zero attached hydrogens (tertiary/aromatic N) is 4. The van der Waals surface area contributed by atoms with Crippen molar-refractivity contribution in [1.82, 2.24) is 19.7 Å². The number of piperidine rings is 1. The first-order valence-corrected chi connectivity index (χ1v) is 9.52. The molecular weight excluding hydrogens is 320 g/mol. The van der Waals surface area contributed by atoms with E-state index >= 15 is 0 Å². The van der Waals surface area contributed by atoms with Gasteiger partial charge < -0.3 is 4.90 Å². The van der Waals surface area contributed by atoms with Crippen molar-refractivity contribution in [2.45, 2.75) is 43.5 Å². The van der Waals surface area contributed by atoms with Gasteiger partial charge in [-0.15, -0.1) is 11.8 Å². The molecule has 1 aromatic heterocycles. The van der Waals surface area contributed by atoms with Crippen LogP contribution >= 0.6 is 11.8 Å². The Morgan fingerprint density at radius 2 is 2.12 bits per heavy atom. The molecular formula is C18H22N4OS. The predicted octanol–water partition coefficient (Wildman–Crippen LogP) is 2.95. The molecule has 1 amide bonds. The number of aryl methyl sites for hydroxylation is 2. The molecule has 24 heavy (non-hydrogen) atoms. The number of hydrogen-bond acceptors (Lipinski definition) is 4. The molecule has 1 saturated heterocycles. The Bertz CT molecular complexity index is 772. The van der Waals surface area contributed by atoms with E-state index < -0.39 is 0 Å². The van der Waals surface area contributed by atoms with Gasteiger partial charge in [0.25, 0.3) is 0 Å². The summed E-state index contributed by atoms with van der Waals surface area (Å²) in [6, 6.07) is 8.54. The first-order chi connectivity index (χ1) is 11.6. The highest BCUT2D eigenvalue weighted by atomic mass is 32.2. The maximum absolute atomic E-state index is 13.1. The average molecular weight is 342 g/mol. The van der Waals surface area contributed by atoms with E-state index in [-0.39, 0.29) is 17.9 Å². The van der Waals surface area contributed by atoms with E-state index in [2.05, 4.69) is 22.2 Å². The predicted molar refractivity (Wildman–Crippen MR) is 94.3 cm³/mol. The maximum Gasteiger partial charge on any atom is 0.231 e. The lowest BCUT2D eigenvalue weighted by molar-refractivity contribution is -0.134. The minimum atomic E-state index is 0.00327. The fourth-order valence-electron chi connectivity index (χ4n) is 3.82. The molecule has 2 aliphatic heterocycles. The van der Waals surface area contributed by atoms with E-state index in [0.717, 1.165) is 43.3 Å². The fraction of sp³-hybridized carbons (Fsp3) is 0.500. The lowest BCUT2D eigenvalue weighted by Crippen LogP contribution is -2.43. The zero-order chi connectivity index (χ0) is 16.7. The van der Waals surface area contributed by atoms with Crippen LogP contribution in [-0.2, 0) is 4.79 Å². The average Bonchev–Trinajstić information content (AvgIpc) is 3.17. The lowest BCUT2D eigenvalue weighted by Gasteiger charge is -2.34. The number of aromatic nitrogens is 3. The van der Waals surface area contributed by atoms with Crippen LogP contribution in [0.15, 0.2) is 29.2 Å². The summed E-state index contributed by atoms with van der Waals surface area (Å²) in [5.74, 6) is 2.88. The van der Waals surface area contributed by atoms with Gasteiger partial charge in [-0.3, -0.25) is 4.79 Å². The van der Waals surface area contributed by atoms with Crippen molar-refractivity contribution in [1.29, 1.82) is 0 Å². The molecule has 1 aromatic carbocycles. The normalized spacial score (nSPS) is 23.3. The van der Waals surface area contributed by atoms with Gasteiger partial charge in [0.05, 0.1) is 12.0 Å². The highest BCUT2D eigenvalue weighted by molar-refractivity contribution is 7.99. The summed E-state index contributed by atoms with van der Waals surface area (Å²) in [5, 5.41) is 4.52. The van der Waals surface area contributed by atoms with Gasteiger partial charge in [0, 0.05) is 23.7 Å². The molecule has 0 spiro atoms. The number of fused-ring (bicyclic) bond motifs is 1. The molecule has 126 valence electrons. The van der Waals surface area contributed by atoms with Gasteiger partial charge in [-0.2, -0.15) is 5.10 Å². The minimum absolute atomic E-state index is 0.00327. The van der Waals surface area contributed by atoms with Crippen molar-refractivity contribution in [3.8, 4) is 0 Å². The number of likely N-dealkylation sites (tertiary alicyclic amines) is 1. The summed E-state index contributed by atoms with van der Waals surface area (Å²) in [5.41, 5.74) is 1.20. The molecule has 3 heterocycles. The molecule has 0 bridgehead atoms. The van der Waals surface area contributed by atoms with Crippen molar-refractivity contribution >= 4 is 17.7 Å². The Kier molecular flexibility index (Phi) is 4.08. The van der Waals surface area contributed by atoms with Crippen LogP contribution in [0.25, 0.3) is 0 Å². The van der Waals surface area contributed by atoms with Crippen LogP contribution in [-0.4, -0.2) is 44.4 Å². The van der Waals surface area contributed by atoms with Crippen LogP contribution in [0.4, 0.5) is 0 Å². The third kappa shape index (κ3) is 2.73. The van der Waals surface area contributed by atoms with Gasteiger partial charge in [0.1, 0.15) is 11.6 Å². The smallest absolute Gasteiger partial charge is 0.231 e. The Morgan fingerprint density at radius 3 is 2.92 bits per heavy atom. The Hall–Kier alpha value is -1.82. The highest BCUT2D eigenvalue weighted by Crippen LogP contribution is 2.40. The first-order valence-electron chi connectivity index (χ1n) is 8.54. The van der Waals surface area contributed by atoms with Gasteiger partial charge in [-0.05, 0) is 38.3 Å². The van der Waals surface area contributed by atoms with E-state index in [1.54, 1.807) is 11.8 Å². The summed E-state index contributed by atoms with van der Waals surface area (Å²) in [7, 11) is 0. The van der Waals surface area contributed by atoms with Gasteiger partial charge in [-0.1, -0.05) is 18.2 Å². The number of carbonyl (C=O) groups excluding carboxylic acids is 1. The van der Waals surface area contributed by atoms with E-state index in [9.17, 15) is 4.79 Å². The van der Waals surface area contributed by atoms with E-state index in [1.165, 1.54) is 10.5 Å². The molecule has 5 nitrogen and oxygen atoms in total. The summed E-state index contributed by atoms with van der Waals surface area (Å²) >= 11 is 1.80. The minimum Gasteiger partial charge on any atom is -0.340 e. The zero-order valence-corrected chi connectivity index (χ0v) is 14.9. The van der Waals surface area contributed by atoms with E-state index in [4.69, 9.17) is 0 Å². The van der Waals surface area contributed by atoms with Crippen LogP contribution < -0.4 is 0 Å². The SMILES string of the molecule is Cc1nc(C)n([C@H]2CCCN(C(=O)[C@H]3CSc4ccccc43)C2)n1. The number of carbonyl (C=O) groups is 1. The summed E-state index contributed by atoms with van der Waals surface area (Å²) in [6.07, 6.45) is 2.08. The maximum atomic E-state index is 13.1. The van der Waals surface area contributed by atoms with Crippen molar-refractivity contribution in [3.63, 3.8) is 0 Å². The number of amides is 1. The number of rotatable bonds is 2. The second kappa shape index (κ2) is 6.24. The third-order valence-corrected chi connectivity index (χ3v) is 6.14. The molecule has 6 heteroatoms. The molecule has 2 atom stereocenters. The van der Waals surface area contributed by atoms with Crippen molar-refractivity contribution in [3.05, 3.63) is 41.5 Å². The molecule has 0 unspecified atom stereocenters. The summed E-state index contributed by atoms with van der Waals surface area (Å²) in [6.45, 7) is 5.50. The molecule has 2 aliphatic rings. The topological polar surface area (TPSA) is 51.0 Å². The van der Waals surface area contributed by atoms with Crippen LogP contribution in [0.3, 0.4) is 0 Å². The van der Waals surface area contributed by atoms with Crippen molar-refractivity contribution in [2.75, 3.05) is 18.8 Å². The standard InChI is InChI=1S/C18H22N4OS/c1-12-19-13(2)22(20-12)14-6-5-9-21(10-14)18(23)16-11-24-17-8-4-3-7-15(16)17/h3-4,7-8,14,16H,5-6,9-11H2,1-2H3/t14-,16-/m0/s1. The fourth-order valence-corrected chi connectivity index (χ4v) is 5.04. The van der Waals surface area contributed by atoms with Crippen LogP contribution in [0, 0.1) is 13.8 Å². The van der Waals surface area contributed by atoms with Crippen LogP contribution in [0.2, 0.25) is 0 Å². The van der Waals surface area contributed by atoms with Gasteiger partial charge in [0.15, 0.2) is 0 Å². The molecule has 4 rings (SSSR count). The first kappa shape index (κ1) is 15.7. The largest absolute Gasteiger partial charge is 0.340 e. The Morgan fingerprint density at radius 1 is 1.29 bits per heavy atom. The Balaban J connectivity index is 1.52. The quantitative estimate of drug-likeness (QED) is 0.842. The highest BCUT2D eigenvalue weighted by Gasteiger charge is 2.35. The summed E-state index contributed by atoms with van der Waals surface area (Å²) < 4.78 is 2.01. The third-order valence-electron chi connectivity index (χ3n) is 4.96. The second-order valence-electron chi connectivity index (χ2n) is 6.63. The van der Waals surface area contributed by atoms with Gasteiger partial charge in [0.2, 0.25) is 5.91 Å². The van der Waals surface area contributed by atoms with E-state index in [1.807, 2.05) is 35.6 Å². The van der Waals surface area contributed by atoms with Gasteiger partial charge in [-0.25, -0.2) is 9.67 Å². The molecule has 0 saturated carbocycles. The van der Waals surface area contributed by atoms with Crippen LogP contribution in [0.1, 0.15) is 42.0 Å². The van der Waals surface area contributed by atoms with Crippen molar-refractivity contribution < 1.29 is 4.79 Å². The van der Waals surface area contributed by atoms with Gasteiger partial charge >= 0.3 is 0 Å². The van der Waals surface area contributed by atoms with Crippen molar-refractivity contribution in [2.24, 2.45) is 0 Å². The summed E-state index contributed by atoms with van der Waals surface area (Å²) in [4.78, 5) is 20.8. The number of benzene rings is 1. The molecule has 0 N–H and O–H groups in total. The molecule has 1 fully saturated rings. The lowest BCUT2D eigenvalue weighted by atomic mass is 9.97. The zero-order valence-electron chi connectivity index (χ0n) is 14.1. The number of hydrogen-bond donors (Lipinski definition) is 0. The monoisotopic (exact) mass is 342 g/mol. The molecule has 0 radical (unpaired) electrons. The van der Waals surface area contributed by atoms with E-state index in [0.29, 0.717) is 0 Å². The number of thioether (sulfide) groups is 1. The molecule has 2 aromatic rings. The second-order valence-corrected chi connectivity index (χ2v) is 7.69. The Labute approximate surface area is 146 Å². The molecule has 0 aliphatic carbocycles.